The van der Waals surface area contributed by atoms with E-state index in [4.69, 9.17) is 4.74 Å². The smallest absolute Gasteiger partial charge is 0.0897 e. The van der Waals surface area contributed by atoms with Gasteiger partial charge in [-0.25, -0.2) is 0 Å². The SMILES string of the molecule is CCCCCCOCC(O)CNCCc1cccc(C)c1. The van der Waals surface area contributed by atoms with Crippen LogP contribution >= 0.6 is 0 Å². The minimum Gasteiger partial charge on any atom is -0.389 e. The number of aliphatic hydroxyl groups is 1. The summed E-state index contributed by atoms with van der Waals surface area (Å²) >= 11 is 0. The van der Waals surface area contributed by atoms with Gasteiger partial charge in [0.15, 0.2) is 0 Å². The molecule has 3 heteroatoms. The summed E-state index contributed by atoms with van der Waals surface area (Å²) in [4.78, 5) is 0. The molecule has 0 spiro atoms. The van der Waals surface area contributed by atoms with Gasteiger partial charge in [0, 0.05) is 13.2 Å². The molecule has 0 aromatic heterocycles. The van der Waals surface area contributed by atoms with E-state index in [-0.39, 0.29) is 0 Å². The second-order valence-corrected chi connectivity index (χ2v) is 5.73. The molecule has 0 radical (unpaired) electrons. The number of rotatable bonds is 12. The molecule has 0 fully saturated rings. The molecular formula is C18H31NO2. The Balaban J connectivity index is 1.97. The summed E-state index contributed by atoms with van der Waals surface area (Å²) in [6.07, 6.45) is 5.42. The van der Waals surface area contributed by atoms with Crippen LogP contribution in [0.3, 0.4) is 0 Å². The maximum Gasteiger partial charge on any atom is 0.0897 e. The van der Waals surface area contributed by atoms with Crippen LogP contribution in [0, 0.1) is 6.92 Å². The number of benzene rings is 1. The van der Waals surface area contributed by atoms with E-state index in [0.717, 1.165) is 26.0 Å². The van der Waals surface area contributed by atoms with Crippen molar-refractivity contribution in [2.45, 2.75) is 52.1 Å². The summed E-state index contributed by atoms with van der Waals surface area (Å²) in [6.45, 7) is 6.99. The number of nitrogens with one attached hydrogen (secondary N) is 1. The molecule has 0 aliphatic heterocycles. The summed E-state index contributed by atoms with van der Waals surface area (Å²) < 4.78 is 5.48. The van der Waals surface area contributed by atoms with Gasteiger partial charge in [-0.15, -0.1) is 0 Å². The zero-order chi connectivity index (χ0) is 15.3. The molecule has 1 unspecified atom stereocenters. The van der Waals surface area contributed by atoms with Gasteiger partial charge in [0.2, 0.25) is 0 Å². The van der Waals surface area contributed by atoms with Gasteiger partial charge in [0.05, 0.1) is 12.7 Å². The van der Waals surface area contributed by atoms with Crippen LogP contribution in [-0.2, 0) is 11.2 Å². The molecule has 0 bridgehead atoms. The average Bonchev–Trinajstić information content (AvgIpc) is 2.47. The van der Waals surface area contributed by atoms with Crippen molar-refractivity contribution in [3.05, 3.63) is 35.4 Å². The normalized spacial score (nSPS) is 12.5. The van der Waals surface area contributed by atoms with Crippen LogP contribution in [0.5, 0.6) is 0 Å². The van der Waals surface area contributed by atoms with E-state index >= 15 is 0 Å². The van der Waals surface area contributed by atoms with Crippen LogP contribution in [0.4, 0.5) is 0 Å². The van der Waals surface area contributed by atoms with Gasteiger partial charge in [-0.2, -0.15) is 0 Å². The molecule has 0 saturated heterocycles. The van der Waals surface area contributed by atoms with Crippen molar-refractivity contribution >= 4 is 0 Å². The lowest BCUT2D eigenvalue weighted by Gasteiger charge is -2.12. The Morgan fingerprint density at radius 3 is 2.86 bits per heavy atom. The number of hydrogen-bond acceptors (Lipinski definition) is 3. The van der Waals surface area contributed by atoms with Crippen LogP contribution in [0.1, 0.15) is 43.7 Å². The first-order valence-corrected chi connectivity index (χ1v) is 8.24. The largest absolute Gasteiger partial charge is 0.389 e. The van der Waals surface area contributed by atoms with E-state index in [9.17, 15) is 5.11 Å². The number of ether oxygens (including phenoxy) is 1. The highest BCUT2D eigenvalue weighted by molar-refractivity contribution is 5.22. The monoisotopic (exact) mass is 293 g/mol. The number of aliphatic hydroxyl groups excluding tert-OH is 1. The van der Waals surface area contributed by atoms with E-state index < -0.39 is 6.10 Å². The van der Waals surface area contributed by atoms with Crippen LogP contribution in [0.2, 0.25) is 0 Å². The summed E-state index contributed by atoms with van der Waals surface area (Å²) in [5, 5.41) is 13.1. The topological polar surface area (TPSA) is 41.5 Å². The fraction of sp³-hybridized carbons (Fsp3) is 0.667. The molecule has 1 atom stereocenters. The highest BCUT2D eigenvalue weighted by atomic mass is 16.5. The Morgan fingerprint density at radius 1 is 1.24 bits per heavy atom. The maximum atomic E-state index is 9.81. The van der Waals surface area contributed by atoms with Crippen molar-refractivity contribution in [3.8, 4) is 0 Å². The van der Waals surface area contributed by atoms with Gasteiger partial charge in [-0.05, 0) is 31.9 Å². The Hall–Kier alpha value is -0.900. The predicted octanol–water partition coefficient (Wildman–Crippen LogP) is 3.08. The molecule has 120 valence electrons. The minimum atomic E-state index is -0.409. The summed E-state index contributed by atoms with van der Waals surface area (Å²) in [5.41, 5.74) is 2.63. The minimum absolute atomic E-state index is 0.409. The third kappa shape index (κ3) is 9.62. The molecular weight excluding hydrogens is 262 g/mol. The van der Waals surface area contributed by atoms with E-state index in [1.54, 1.807) is 0 Å². The van der Waals surface area contributed by atoms with Crippen molar-refractivity contribution in [2.24, 2.45) is 0 Å². The average molecular weight is 293 g/mol. The van der Waals surface area contributed by atoms with E-state index in [1.807, 2.05) is 0 Å². The number of unbranched alkanes of at least 4 members (excludes halogenated alkanes) is 3. The highest BCUT2D eigenvalue weighted by Gasteiger charge is 2.03. The van der Waals surface area contributed by atoms with Gasteiger partial charge in [-0.3, -0.25) is 0 Å². The molecule has 0 saturated carbocycles. The standard InChI is InChI=1S/C18H31NO2/c1-3-4-5-6-12-21-15-18(20)14-19-11-10-17-9-7-8-16(2)13-17/h7-9,13,18-20H,3-6,10-12,14-15H2,1-2H3. The van der Waals surface area contributed by atoms with Gasteiger partial charge in [0.25, 0.3) is 0 Å². The number of aryl methyl sites for hydroxylation is 1. The molecule has 0 aliphatic carbocycles. The van der Waals surface area contributed by atoms with Crippen LogP contribution in [-0.4, -0.2) is 37.5 Å². The Morgan fingerprint density at radius 2 is 2.10 bits per heavy atom. The van der Waals surface area contributed by atoms with Gasteiger partial charge in [0.1, 0.15) is 0 Å². The summed E-state index contributed by atoms with van der Waals surface area (Å²) in [7, 11) is 0. The second-order valence-electron chi connectivity index (χ2n) is 5.73. The lowest BCUT2D eigenvalue weighted by atomic mass is 10.1. The van der Waals surface area contributed by atoms with Gasteiger partial charge < -0.3 is 15.2 Å². The van der Waals surface area contributed by atoms with Gasteiger partial charge in [-0.1, -0.05) is 56.0 Å². The quantitative estimate of drug-likeness (QED) is 0.582. The summed E-state index contributed by atoms with van der Waals surface area (Å²) in [5.74, 6) is 0. The van der Waals surface area contributed by atoms with Crippen LogP contribution in [0.25, 0.3) is 0 Å². The first-order chi connectivity index (χ1) is 10.2. The summed E-state index contributed by atoms with van der Waals surface area (Å²) in [6, 6.07) is 8.55. The van der Waals surface area contributed by atoms with Crippen LogP contribution < -0.4 is 5.32 Å². The van der Waals surface area contributed by atoms with Gasteiger partial charge >= 0.3 is 0 Å². The van der Waals surface area contributed by atoms with E-state index in [2.05, 4.69) is 43.4 Å². The van der Waals surface area contributed by atoms with Crippen molar-refractivity contribution in [2.75, 3.05) is 26.3 Å². The molecule has 21 heavy (non-hydrogen) atoms. The van der Waals surface area contributed by atoms with Crippen molar-refractivity contribution in [3.63, 3.8) is 0 Å². The molecule has 1 aromatic carbocycles. The first kappa shape index (κ1) is 18.1. The Labute approximate surface area is 129 Å². The predicted molar refractivity (Wildman–Crippen MR) is 88.7 cm³/mol. The maximum absolute atomic E-state index is 9.81. The van der Waals surface area contributed by atoms with Crippen molar-refractivity contribution in [1.29, 1.82) is 0 Å². The molecule has 0 heterocycles. The lowest BCUT2D eigenvalue weighted by molar-refractivity contribution is 0.0356. The second kappa shape index (κ2) is 11.7. The third-order valence-electron chi connectivity index (χ3n) is 3.51. The molecule has 0 aliphatic rings. The lowest BCUT2D eigenvalue weighted by Crippen LogP contribution is -2.31. The highest BCUT2D eigenvalue weighted by Crippen LogP contribution is 2.04. The molecule has 2 N–H and O–H groups in total. The van der Waals surface area contributed by atoms with E-state index in [0.29, 0.717) is 13.2 Å². The van der Waals surface area contributed by atoms with E-state index in [1.165, 1.54) is 30.4 Å². The van der Waals surface area contributed by atoms with Crippen molar-refractivity contribution < 1.29 is 9.84 Å². The molecule has 1 aromatic rings. The number of hydrogen-bond donors (Lipinski definition) is 2. The molecule has 3 nitrogen and oxygen atoms in total. The zero-order valence-electron chi connectivity index (χ0n) is 13.6. The van der Waals surface area contributed by atoms with Crippen molar-refractivity contribution in [1.82, 2.24) is 5.32 Å². The zero-order valence-corrected chi connectivity index (χ0v) is 13.6. The Bertz CT molecular complexity index is 368. The molecule has 0 amide bonds. The fourth-order valence-corrected chi connectivity index (χ4v) is 2.28. The third-order valence-corrected chi connectivity index (χ3v) is 3.51. The Kier molecular flexibility index (Phi) is 10.1. The first-order valence-electron chi connectivity index (χ1n) is 8.24. The molecule has 1 rings (SSSR count). The van der Waals surface area contributed by atoms with Crippen LogP contribution in [0.15, 0.2) is 24.3 Å². The fourth-order valence-electron chi connectivity index (χ4n) is 2.28.